The largest absolute Gasteiger partial charge is 0.341 e. The van der Waals surface area contributed by atoms with Crippen LogP contribution in [-0.2, 0) is 26.8 Å². The van der Waals surface area contributed by atoms with E-state index in [0.29, 0.717) is 11.3 Å². The maximum Gasteiger partial charge on any atom is 0.298 e. The number of aromatic nitrogens is 4. The molecule has 0 bridgehead atoms. The average Bonchev–Trinajstić information content (AvgIpc) is 3.30. The minimum Gasteiger partial charge on any atom is -0.341 e. The number of nitrogens with zero attached hydrogens (tertiary/aromatic N) is 5. The summed E-state index contributed by atoms with van der Waals surface area (Å²) in [5.74, 6) is -0.340. The van der Waals surface area contributed by atoms with Gasteiger partial charge in [0.1, 0.15) is 11.4 Å². The number of thiophene rings is 1. The first kappa shape index (κ1) is 18.3. The van der Waals surface area contributed by atoms with Gasteiger partial charge < -0.3 is 5.32 Å². The number of nitrogens with one attached hydrogen (secondary N) is 1. The lowest BCUT2D eigenvalue weighted by atomic mass is 10.0. The highest BCUT2D eigenvalue weighted by atomic mass is 35.5. The van der Waals surface area contributed by atoms with Crippen molar-refractivity contribution in [1.82, 2.24) is 30.3 Å². The molecule has 2 aliphatic rings. The Balaban J connectivity index is 1.57. The molecule has 4 heterocycles. The summed E-state index contributed by atoms with van der Waals surface area (Å²) in [7, 11) is 4.03. The van der Waals surface area contributed by atoms with E-state index in [1.54, 1.807) is 0 Å². The van der Waals surface area contributed by atoms with Crippen LogP contribution in [0.3, 0.4) is 0 Å². The van der Waals surface area contributed by atoms with Crippen molar-refractivity contribution >= 4 is 59.2 Å². The SMILES string of the molecule is [B]n1nnc(C2=C(CCl)CS(=O)[C@@H]3[C@H](NC(=O)Cc4cccs4)C(=O)N23)n1. The first-order valence-electron chi connectivity index (χ1n) is 7.85. The molecule has 2 aromatic heterocycles. The van der Waals surface area contributed by atoms with Crippen LogP contribution < -0.4 is 5.32 Å². The van der Waals surface area contributed by atoms with Crippen molar-refractivity contribution in [3.05, 3.63) is 33.8 Å². The molecule has 1 fully saturated rings. The van der Waals surface area contributed by atoms with Gasteiger partial charge in [0, 0.05) is 10.8 Å². The minimum absolute atomic E-state index is 0.0616. The summed E-state index contributed by atoms with van der Waals surface area (Å²) in [5.41, 5.74) is 0.927. The number of halogens is 1. The molecule has 0 aromatic carbocycles. The zero-order chi connectivity index (χ0) is 19.1. The number of tetrazole rings is 1. The zero-order valence-corrected chi connectivity index (χ0v) is 16.1. The quantitative estimate of drug-likeness (QED) is 0.387. The van der Waals surface area contributed by atoms with Crippen LogP contribution in [0.2, 0.25) is 0 Å². The number of rotatable bonds is 5. The number of amides is 2. The van der Waals surface area contributed by atoms with Gasteiger partial charge in [0.05, 0.1) is 28.7 Å². The Kier molecular flexibility index (Phi) is 4.87. The van der Waals surface area contributed by atoms with Crippen LogP contribution in [0.4, 0.5) is 0 Å². The molecule has 0 aliphatic carbocycles. The van der Waals surface area contributed by atoms with Crippen molar-refractivity contribution in [2.75, 3.05) is 11.6 Å². The molecule has 138 valence electrons. The third-order valence-electron chi connectivity index (χ3n) is 4.24. The lowest BCUT2D eigenvalue weighted by Crippen LogP contribution is -2.72. The van der Waals surface area contributed by atoms with Crippen LogP contribution >= 0.6 is 22.9 Å². The van der Waals surface area contributed by atoms with Gasteiger partial charge in [-0.15, -0.1) is 33.1 Å². The number of hydrogen-bond donors (Lipinski definition) is 1. The maximum absolute atomic E-state index is 12.7. The summed E-state index contributed by atoms with van der Waals surface area (Å²) >= 11 is 7.42. The van der Waals surface area contributed by atoms with Crippen molar-refractivity contribution in [2.45, 2.75) is 17.8 Å². The molecule has 0 saturated carbocycles. The monoisotopic (exact) mass is 422 g/mol. The molecule has 13 heteroatoms. The second kappa shape index (κ2) is 7.17. The highest BCUT2D eigenvalue weighted by Crippen LogP contribution is 2.38. The fourth-order valence-electron chi connectivity index (χ4n) is 3.08. The van der Waals surface area contributed by atoms with Gasteiger partial charge in [-0.2, -0.15) is 0 Å². The molecule has 1 unspecified atom stereocenters. The predicted molar refractivity (Wildman–Crippen MR) is 100 cm³/mol. The van der Waals surface area contributed by atoms with Gasteiger partial charge in [0.2, 0.25) is 11.7 Å². The van der Waals surface area contributed by atoms with E-state index in [4.69, 9.17) is 19.6 Å². The molecule has 9 nitrogen and oxygen atoms in total. The summed E-state index contributed by atoms with van der Waals surface area (Å²) in [6, 6.07) is 2.83. The fraction of sp³-hybridized carbons (Fsp3) is 0.357. The number of carbonyl (C=O) groups is 2. The highest BCUT2D eigenvalue weighted by molar-refractivity contribution is 7.86. The van der Waals surface area contributed by atoms with Gasteiger partial charge in [0.15, 0.2) is 0 Å². The van der Waals surface area contributed by atoms with Gasteiger partial charge in [-0.05, 0) is 17.0 Å². The third kappa shape index (κ3) is 3.21. The van der Waals surface area contributed by atoms with E-state index >= 15 is 0 Å². The molecule has 2 radical (unpaired) electrons. The average molecular weight is 423 g/mol. The van der Waals surface area contributed by atoms with Crippen LogP contribution in [0.15, 0.2) is 23.1 Å². The molecule has 2 amide bonds. The summed E-state index contributed by atoms with van der Waals surface area (Å²) in [4.78, 5) is 27.2. The highest BCUT2D eigenvalue weighted by Gasteiger charge is 2.56. The number of alkyl halides is 1. The van der Waals surface area contributed by atoms with E-state index in [9.17, 15) is 13.8 Å². The summed E-state index contributed by atoms with van der Waals surface area (Å²) in [6.07, 6.45) is 0.166. The third-order valence-corrected chi connectivity index (χ3v) is 7.09. The Labute approximate surface area is 166 Å². The van der Waals surface area contributed by atoms with E-state index in [-0.39, 0.29) is 29.8 Å². The molecule has 3 atom stereocenters. The Morgan fingerprint density at radius 3 is 2.96 bits per heavy atom. The maximum atomic E-state index is 12.7. The molecular weight excluding hydrogens is 411 g/mol. The topological polar surface area (TPSA) is 110 Å². The van der Waals surface area contributed by atoms with E-state index in [1.807, 2.05) is 17.5 Å². The number of hydrogen-bond acceptors (Lipinski definition) is 7. The Morgan fingerprint density at radius 2 is 2.33 bits per heavy atom. The first-order chi connectivity index (χ1) is 13.0. The Bertz CT molecular complexity index is 962. The van der Waals surface area contributed by atoms with Crippen LogP contribution in [-0.4, -0.2) is 72.1 Å². The van der Waals surface area contributed by atoms with Crippen LogP contribution in [0, 0.1) is 0 Å². The smallest absolute Gasteiger partial charge is 0.298 e. The van der Waals surface area contributed by atoms with Crippen LogP contribution in [0.1, 0.15) is 10.7 Å². The van der Waals surface area contributed by atoms with Gasteiger partial charge in [-0.3, -0.25) is 18.7 Å². The Hall–Kier alpha value is -2.05. The van der Waals surface area contributed by atoms with Crippen LogP contribution in [0.5, 0.6) is 0 Å². The predicted octanol–water partition coefficient (Wildman–Crippen LogP) is -0.726. The second-order valence-electron chi connectivity index (χ2n) is 5.94. The second-order valence-corrected chi connectivity index (χ2v) is 8.78. The molecule has 0 spiro atoms. The van der Waals surface area contributed by atoms with Gasteiger partial charge in [0.25, 0.3) is 13.9 Å². The number of fused-ring (bicyclic) bond motifs is 1. The molecular formula is C14H12BClN6O3S2. The van der Waals surface area contributed by atoms with Crippen molar-refractivity contribution < 1.29 is 13.8 Å². The van der Waals surface area contributed by atoms with E-state index in [2.05, 4.69) is 20.7 Å². The summed E-state index contributed by atoms with van der Waals surface area (Å²) < 4.78 is 13.4. The Morgan fingerprint density at radius 1 is 1.52 bits per heavy atom. The van der Waals surface area contributed by atoms with E-state index in [1.165, 1.54) is 16.2 Å². The normalized spacial score (nSPS) is 24.6. The molecule has 1 saturated heterocycles. The van der Waals surface area contributed by atoms with Gasteiger partial charge in [-0.1, -0.05) is 11.3 Å². The molecule has 1 N–H and O–H groups in total. The van der Waals surface area contributed by atoms with Gasteiger partial charge in [-0.25, -0.2) is 4.71 Å². The molecule has 2 aliphatic heterocycles. The number of carbonyl (C=O) groups excluding carboxylic acids is 2. The van der Waals surface area contributed by atoms with E-state index in [0.717, 1.165) is 9.58 Å². The molecule has 2 aromatic rings. The zero-order valence-electron chi connectivity index (χ0n) is 13.7. The standard InChI is InChI=1S/C14H12BClN6O3S2/c15-22-19-12(18-20-22)11-7(5-16)6-27(25)14-10(13(24)21(11)14)17-9(23)4-8-2-1-3-26-8/h1-3,10,14H,4-6H2,(H,17,23)/t10-,14-,27?/m1/s1. The first-order valence-corrected chi connectivity index (χ1v) is 10.6. The van der Waals surface area contributed by atoms with Crippen molar-refractivity contribution in [1.29, 1.82) is 0 Å². The lowest BCUT2D eigenvalue weighted by molar-refractivity contribution is -0.144. The fourth-order valence-corrected chi connectivity index (χ4v) is 5.81. The molecule has 4 rings (SSSR count). The summed E-state index contributed by atoms with van der Waals surface area (Å²) in [6.45, 7) is 0. The van der Waals surface area contributed by atoms with Crippen molar-refractivity contribution in [3.8, 4) is 0 Å². The van der Waals surface area contributed by atoms with Crippen molar-refractivity contribution in [2.24, 2.45) is 0 Å². The number of β-lactam (4-membered cyclic amide) rings is 1. The van der Waals surface area contributed by atoms with Crippen LogP contribution in [0.25, 0.3) is 5.70 Å². The lowest BCUT2D eigenvalue weighted by Gasteiger charge is -2.49. The summed E-state index contributed by atoms with van der Waals surface area (Å²) in [5, 5.41) is 15.2. The van der Waals surface area contributed by atoms with Gasteiger partial charge >= 0.3 is 0 Å². The minimum atomic E-state index is -1.42. The van der Waals surface area contributed by atoms with E-state index < -0.39 is 28.1 Å². The molecule has 27 heavy (non-hydrogen) atoms. The van der Waals surface area contributed by atoms with Crippen molar-refractivity contribution in [3.63, 3.8) is 0 Å².